The SMILES string of the molecule is C[C@@H]1CCC[C@@H](C)N1C(=O)CN1C(=O)c2cccc3cccc1c23. The molecule has 4 nitrogen and oxygen atoms in total. The summed E-state index contributed by atoms with van der Waals surface area (Å²) in [5.74, 6) is -0.0136. The number of hydrogen-bond donors (Lipinski definition) is 0. The van der Waals surface area contributed by atoms with Crippen molar-refractivity contribution in [1.82, 2.24) is 4.90 Å². The van der Waals surface area contributed by atoms with Crippen LogP contribution in [0, 0.1) is 0 Å². The Kier molecular flexibility index (Phi) is 3.56. The van der Waals surface area contributed by atoms with Crippen LogP contribution >= 0.6 is 0 Å². The first-order valence-corrected chi connectivity index (χ1v) is 8.72. The molecule has 24 heavy (non-hydrogen) atoms. The van der Waals surface area contributed by atoms with Gasteiger partial charge in [-0.05, 0) is 50.6 Å². The van der Waals surface area contributed by atoms with Crippen LogP contribution in [0.25, 0.3) is 10.8 Å². The molecular weight excluding hydrogens is 300 g/mol. The van der Waals surface area contributed by atoms with E-state index in [1.807, 2.05) is 41.3 Å². The number of nitrogens with zero attached hydrogens (tertiary/aromatic N) is 2. The molecule has 2 heterocycles. The van der Waals surface area contributed by atoms with Gasteiger partial charge in [-0.25, -0.2) is 0 Å². The average molecular weight is 322 g/mol. The number of likely N-dealkylation sites (tertiary alicyclic amines) is 1. The van der Waals surface area contributed by atoms with E-state index in [2.05, 4.69) is 13.8 Å². The van der Waals surface area contributed by atoms with Crippen molar-refractivity contribution in [3.8, 4) is 0 Å². The highest BCUT2D eigenvalue weighted by molar-refractivity contribution is 6.26. The maximum atomic E-state index is 12.9. The van der Waals surface area contributed by atoms with Crippen LogP contribution in [-0.4, -0.2) is 35.3 Å². The molecule has 0 unspecified atom stereocenters. The van der Waals surface area contributed by atoms with Crippen molar-refractivity contribution >= 4 is 28.3 Å². The van der Waals surface area contributed by atoms with E-state index < -0.39 is 0 Å². The lowest BCUT2D eigenvalue weighted by atomic mass is 9.97. The van der Waals surface area contributed by atoms with Crippen LogP contribution in [0.1, 0.15) is 43.5 Å². The van der Waals surface area contributed by atoms with Crippen LogP contribution in [0.4, 0.5) is 5.69 Å². The topological polar surface area (TPSA) is 40.6 Å². The minimum Gasteiger partial charge on any atom is -0.336 e. The Morgan fingerprint density at radius 3 is 2.46 bits per heavy atom. The van der Waals surface area contributed by atoms with Gasteiger partial charge >= 0.3 is 0 Å². The van der Waals surface area contributed by atoms with Gasteiger partial charge in [0.15, 0.2) is 0 Å². The highest BCUT2D eigenvalue weighted by Gasteiger charge is 2.35. The molecule has 2 aliphatic rings. The zero-order valence-corrected chi connectivity index (χ0v) is 14.2. The second kappa shape index (κ2) is 5.62. The van der Waals surface area contributed by atoms with E-state index in [9.17, 15) is 9.59 Å². The number of carbonyl (C=O) groups excluding carboxylic acids is 2. The van der Waals surface area contributed by atoms with Crippen molar-refractivity contribution < 1.29 is 9.59 Å². The second-order valence-electron chi connectivity index (χ2n) is 7.00. The molecule has 2 atom stereocenters. The Hall–Kier alpha value is -2.36. The summed E-state index contributed by atoms with van der Waals surface area (Å²) in [6.45, 7) is 4.34. The van der Waals surface area contributed by atoms with E-state index in [1.54, 1.807) is 4.90 Å². The zero-order chi connectivity index (χ0) is 16.8. The third-order valence-electron chi connectivity index (χ3n) is 5.42. The Morgan fingerprint density at radius 2 is 1.75 bits per heavy atom. The van der Waals surface area contributed by atoms with E-state index in [0.717, 1.165) is 29.3 Å². The van der Waals surface area contributed by atoms with Crippen molar-refractivity contribution in [2.75, 3.05) is 11.4 Å². The van der Waals surface area contributed by atoms with E-state index in [1.165, 1.54) is 6.42 Å². The van der Waals surface area contributed by atoms with E-state index >= 15 is 0 Å². The van der Waals surface area contributed by atoms with Gasteiger partial charge in [-0.2, -0.15) is 0 Å². The fourth-order valence-electron chi connectivity index (χ4n) is 4.27. The Labute approximate surface area is 142 Å². The zero-order valence-electron chi connectivity index (χ0n) is 14.2. The summed E-state index contributed by atoms with van der Waals surface area (Å²) in [6.07, 6.45) is 3.25. The summed E-state index contributed by atoms with van der Waals surface area (Å²) >= 11 is 0. The van der Waals surface area contributed by atoms with E-state index in [4.69, 9.17) is 0 Å². The molecule has 0 N–H and O–H groups in total. The van der Waals surface area contributed by atoms with Gasteiger partial charge in [-0.1, -0.05) is 24.3 Å². The van der Waals surface area contributed by atoms with Gasteiger partial charge in [-0.3, -0.25) is 14.5 Å². The lowest BCUT2D eigenvalue weighted by Gasteiger charge is -2.39. The number of amides is 2. The summed E-state index contributed by atoms with van der Waals surface area (Å²) in [5, 5.41) is 2.02. The van der Waals surface area contributed by atoms with Crippen LogP contribution < -0.4 is 4.90 Å². The van der Waals surface area contributed by atoms with Crippen molar-refractivity contribution in [2.45, 2.75) is 45.2 Å². The van der Waals surface area contributed by atoms with Crippen LogP contribution in [0.5, 0.6) is 0 Å². The second-order valence-corrected chi connectivity index (χ2v) is 7.00. The molecule has 2 aromatic carbocycles. The summed E-state index contributed by atoms with van der Waals surface area (Å²) in [6, 6.07) is 12.2. The maximum Gasteiger partial charge on any atom is 0.259 e. The van der Waals surface area contributed by atoms with Crippen LogP contribution in [0.2, 0.25) is 0 Å². The first kappa shape index (κ1) is 15.2. The van der Waals surface area contributed by atoms with E-state index in [-0.39, 0.29) is 30.4 Å². The molecule has 124 valence electrons. The van der Waals surface area contributed by atoms with Crippen LogP contribution in [-0.2, 0) is 4.79 Å². The molecular formula is C20H22N2O2. The summed E-state index contributed by atoms with van der Waals surface area (Å²) < 4.78 is 0. The van der Waals surface area contributed by atoms with Gasteiger partial charge < -0.3 is 4.90 Å². The van der Waals surface area contributed by atoms with Crippen molar-refractivity contribution in [1.29, 1.82) is 0 Å². The van der Waals surface area contributed by atoms with Gasteiger partial charge in [0.2, 0.25) is 5.91 Å². The minimum absolute atomic E-state index is 0.0489. The first-order valence-electron chi connectivity index (χ1n) is 8.72. The fraction of sp³-hybridized carbons (Fsp3) is 0.400. The van der Waals surface area contributed by atoms with Crippen molar-refractivity contribution in [2.24, 2.45) is 0 Å². The molecule has 1 fully saturated rings. The van der Waals surface area contributed by atoms with Crippen molar-refractivity contribution in [3.05, 3.63) is 42.0 Å². The van der Waals surface area contributed by atoms with Crippen LogP contribution in [0.15, 0.2) is 36.4 Å². The van der Waals surface area contributed by atoms with Gasteiger partial charge in [-0.15, -0.1) is 0 Å². The minimum atomic E-state index is -0.0625. The quantitative estimate of drug-likeness (QED) is 0.848. The summed E-state index contributed by atoms with van der Waals surface area (Å²) in [4.78, 5) is 29.4. The molecule has 1 saturated heterocycles. The first-order chi connectivity index (χ1) is 11.6. The molecule has 2 aromatic rings. The number of hydrogen-bond acceptors (Lipinski definition) is 2. The van der Waals surface area contributed by atoms with Crippen LogP contribution in [0.3, 0.4) is 0 Å². The molecule has 2 amide bonds. The van der Waals surface area contributed by atoms with Gasteiger partial charge in [0.25, 0.3) is 5.91 Å². The van der Waals surface area contributed by atoms with Crippen molar-refractivity contribution in [3.63, 3.8) is 0 Å². The largest absolute Gasteiger partial charge is 0.336 e. The molecule has 0 aliphatic carbocycles. The lowest BCUT2D eigenvalue weighted by Crippen LogP contribution is -2.51. The molecule has 0 saturated carbocycles. The number of rotatable bonds is 2. The standard InChI is InChI=1S/C20H22N2O2/c1-13-6-3-7-14(2)22(13)18(23)12-21-17-11-5-9-15-8-4-10-16(19(15)17)20(21)24/h4-5,8-11,13-14H,3,6-7,12H2,1-2H3/t13-,14-/m1/s1. The summed E-state index contributed by atoms with van der Waals surface area (Å²) in [5.41, 5.74) is 1.56. The fourth-order valence-corrected chi connectivity index (χ4v) is 4.27. The molecule has 4 rings (SSSR count). The summed E-state index contributed by atoms with van der Waals surface area (Å²) in [7, 11) is 0. The third-order valence-corrected chi connectivity index (χ3v) is 5.42. The molecule has 0 bridgehead atoms. The smallest absolute Gasteiger partial charge is 0.259 e. The highest BCUT2D eigenvalue weighted by Crippen LogP contribution is 2.37. The van der Waals surface area contributed by atoms with E-state index in [0.29, 0.717) is 5.56 Å². The third kappa shape index (κ3) is 2.20. The number of piperidine rings is 1. The molecule has 0 spiro atoms. The Balaban J connectivity index is 1.66. The van der Waals surface area contributed by atoms with Gasteiger partial charge in [0, 0.05) is 23.0 Å². The molecule has 0 radical (unpaired) electrons. The number of carbonyl (C=O) groups is 2. The molecule has 0 aromatic heterocycles. The molecule has 4 heteroatoms. The molecule has 2 aliphatic heterocycles. The van der Waals surface area contributed by atoms with Gasteiger partial charge in [0.1, 0.15) is 6.54 Å². The average Bonchev–Trinajstić information content (AvgIpc) is 2.83. The lowest BCUT2D eigenvalue weighted by molar-refractivity contribution is -0.135. The number of anilines is 1. The normalized spacial score (nSPS) is 23.2. The predicted octanol–water partition coefficient (Wildman–Crippen LogP) is 3.59. The predicted molar refractivity (Wildman–Crippen MR) is 95.2 cm³/mol. The Bertz CT molecular complexity index is 814. The maximum absolute atomic E-state index is 12.9. The number of benzene rings is 2. The highest BCUT2D eigenvalue weighted by atomic mass is 16.2. The monoisotopic (exact) mass is 322 g/mol. The Morgan fingerprint density at radius 1 is 1.08 bits per heavy atom. The van der Waals surface area contributed by atoms with Gasteiger partial charge in [0.05, 0.1) is 5.69 Å².